The van der Waals surface area contributed by atoms with Crippen molar-refractivity contribution in [3.63, 3.8) is 0 Å². The van der Waals surface area contributed by atoms with Crippen LogP contribution in [0.1, 0.15) is 25.0 Å². The second-order valence-electron chi connectivity index (χ2n) is 6.27. The van der Waals surface area contributed by atoms with E-state index in [2.05, 4.69) is 34.7 Å². The Morgan fingerprint density at radius 3 is 2.50 bits per heavy atom. The molecular weight excluding hydrogens is 440 g/mol. The number of hydrogen-bond acceptors (Lipinski definition) is 5. The maximum atomic E-state index is 12.7. The third kappa shape index (κ3) is 4.25. The van der Waals surface area contributed by atoms with E-state index in [1.54, 1.807) is 18.2 Å². The number of benzene rings is 2. The fourth-order valence-corrected chi connectivity index (χ4v) is 4.25. The number of thioether (sulfide) groups is 1. The quantitative estimate of drug-likeness (QED) is 0.597. The number of phenols is 1. The number of imide groups is 1. The van der Waals surface area contributed by atoms with Crippen LogP contribution in [-0.4, -0.2) is 34.2 Å². The monoisotopic (exact) mass is 460 g/mol. The average Bonchev–Trinajstić information content (AvgIpc) is 2.94. The van der Waals surface area contributed by atoms with E-state index in [0.29, 0.717) is 10.5 Å². The van der Waals surface area contributed by atoms with Crippen LogP contribution in [0, 0.1) is 0 Å². The van der Waals surface area contributed by atoms with Gasteiger partial charge in [0.15, 0.2) is 0 Å². The Bertz CT molecular complexity index is 941. The summed E-state index contributed by atoms with van der Waals surface area (Å²) >= 11 is 4.34. The van der Waals surface area contributed by atoms with Gasteiger partial charge in [-0.25, -0.2) is 0 Å². The van der Waals surface area contributed by atoms with Crippen LogP contribution in [0.25, 0.3) is 6.08 Å². The van der Waals surface area contributed by atoms with Crippen LogP contribution >= 0.6 is 27.7 Å². The molecule has 0 unspecified atom stereocenters. The summed E-state index contributed by atoms with van der Waals surface area (Å²) in [4.78, 5) is 28.7. The topological polar surface area (TPSA) is 60.9 Å². The van der Waals surface area contributed by atoms with Crippen LogP contribution in [-0.2, 0) is 11.3 Å². The zero-order valence-electron chi connectivity index (χ0n) is 15.7. The molecule has 2 amide bonds. The average molecular weight is 461 g/mol. The molecule has 0 saturated carbocycles. The first-order valence-corrected chi connectivity index (χ1v) is 10.6. The van der Waals surface area contributed by atoms with Crippen molar-refractivity contribution in [3.05, 3.63) is 63.0 Å². The van der Waals surface area contributed by atoms with Gasteiger partial charge in [0.2, 0.25) is 0 Å². The van der Waals surface area contributed by atoms with E-state index in [0.717, 1.165) is 40.6 Å². The highest BCUT2D eigenvalue weighted by Crippen LogP contribution is 2.36. The number of phenolic OH excluding ortho intramolecular Hbond substituents is 1. The first-order valence-electron chi connectivity index (χ1n) is 9.01. The van der Waals surface area contributed by atoms with Gasteiger partial charge in [-0.3, -0.25) is 14.5 Å². The van der Waals surface area contributed by atoms with Crippen LogP contribution in [0.5, 0.6) is 5.75 Å². The van der Waals surface area contributed by atoms with Gasteiger partial charge in [0, 0.05) is 34.9 Å². The number of halogens is 1. The minimum Gasteiger partial charge on any atom is -0.507 e. The third-order valence-corrected chi connectivity index (χ3v) is 6.27. The van der Waals surface area contributed by atoms with Crippen molar-refractivity contribution in [2.24, 2.45) is 0 Å². The van der Waals surface area contributed by atoms with E-state index < -0.39 is 0 Å². The molecule has 2 aromatic rings. The lowest BCUT2D eigenvalue weighted by molar-refractivity contribution is -0.123. The van der Waals surface area contributed by atoms with Gasteiger partial charge in [-0.05, 0) is 55.4 Å². The minimum absolute atomic E-state index is 0.0852. The maximum absolute atomic E-state index is 12.7. The molecule has 1 saturated heterocycles. The van der Waals surface area contributed by atoms with E-state index >= 15 is 0 Å². The molecule has 7 heteroatoms. The molecule has 1 aliphatic rings. The number of anilines is 1. The Balaban J connectivity index is 1.83. The fraction of sp³-hybridized carbons (Fsp3) is 0.238. The zero-order valence-corrected chi connectivity index (χ0v) is 18.1. The lowest BCUT2D eigenvalue weighted by Crippen LogP contribution is -2.27. The highest BCUT2D eigenvalue weighted by molar-refractivity contribution is 9.10. The molecule has 28 heavy (non-hydrogen) atoms. The van der Waals surface area contributed by atoms with Gasteiger partial charge in [-0.2, -0.15) is 0 Å². The van der Waals surface area contributed by atoms with Gasteiger partial charge >= 0.3 is 0 Å². The summed E-state index contributed by atoms with van der Waals surface area (Å²) < 4.78 is 0.850. The van der Waals surface area contributed by atoms with Crippen molar-refractivity contribution in [1.29, 1.82) is 0 Å². The van der Waals surface area contributed by atoms with Crippen molar-refractivity contribution in [2.75, 3.05) is 18.0 Å². The molecule has 146 valence electrons. The number of aromatic hydroxyl groups is 1. The highest BCUT2D eigenvalue weighted by Gasteiger charge is 2.35. The molecule has 1 fully saturated rings. The Hall–Kier alpha value is -2.25. The Labute approximate surface area is 177 Å². The second-order valence-corrected chi connectivity index (χ2v) is 8.12. The standard InChI is InChI=1S/C21H21BrN2O3S/c1-3-23(4-2)16-10-9-14(18(25)12-16)11-19-20(26)24(21(27)28-19)13-15-7-5-6-8-17(15)22/h5-12,25H,3-4,13H2,1-2H3/b19-11-. The van der Waals surface area contributed by atoms with E-state index in [4.69, 9.17) is 0 Å². The van der Waals surface area contributed by atoms with Gasteiger partial charge in [-0.15, -0.1) is 0 Å². The van der Waals surface area contributed by atoms with Gasteiger partial charge < -0.3 is 10.0 Å². The van der Waals surface area contributed by atoms with E-state index in [9.17, 15) is 14.7 Å². The number of carbonyl (C=O) groups excluding carboxylic acids is 2. The van der Waals surface area contributed by atoms with Crippen molar-refractivity contribution < 1.29 is 14.7 Å². The molecule has 5 nitrogen and oxygen atoms in total. The SMILES string of the molecule is CCN(CC)c1ccc(/C=C2\SC(=O)N(Cc3ccccc3Br)C2=O)c(O)c1. The maximum Gasteiger partial charge on any atom is 0.293 e. The molecule has 0 bridgehead atoms. The van der Waals surface area contributed by atoms with Crippen LogP contribution in [0.3, 0.4) is 0 Å². The Morgan fingerprint density at radius 2 is 1.86 bits per heavy atom. The normalized spacial score (nSPS) is 15.5. The highest BCUT2D eigenvalue weighted by atomic mass is 79.9. The number of hydrogen-bond donors (Lipinski definition) is 1. The lowest BCUT2D eigenvalue weighted by Gasteiger charge is -2.21. The van der Waals surface area contributed by atoms with Crippen molar-refractivity contribution in [3.8, 4) is 5.75 Å². The van der Waals surface area contributed by atoms with Crippen molar-refractivity contribution >= 4 is 50.6 Å². The summed E-state index contributed by atoms with van der Waals surface area (Å²) in [5, 5.41) is 10.1. The van der Waals surface area contributed by atoms with Crippen LogP contribution < -0.4 is 4.90 Å². The molecule has 1 aliphatic heterocycles. The van der Waals surface area contributed by atoms with Gasteiger partial charge in [-0.1, -0.05) is 34.1 Å². The van der Waals surface area contributed by atoms with E-state index in [1.165, 1.54) is 4.90 Å². The summed E-state index contributed by atoms with van der Waals surface area (Å²) in [6, 6.07) is 12.9. The number of rotatable bonds is 6. The molecule has 0 aromatic heterocycles. The second kappa shape index (κ2) is 8.84. The number of nitrogens with zero attached hydrogens (tertiary/aromatic N) is 2. The van der Waals surface area contributed by atoms with Gasteiger partial charge in [0.25, 0.3) is 11.1 Å². The Kier molecular flexibility index (Phi) is 6.46. The molecule has 0 radical (unpaired) electrons. The molecule has 3 rings (SSSR count). The molecule has 2 aromatic carbocycles. The molecule has 1 N–H and O–H groups in total. The third-order valence-electron chi connectivity index (χ3n) is 4.59. The van der Waals surface area contributed by atoms with Gasteiger partial charge in [0.05, 0.1) is 11.4 Å². The van der Waals surface area contributed by atoms with Crippen LogP contribution in [0.4, 0.5) is 10.5 Å². The summed E-state index contributed by atoms with van der Waals surface area (Å²) in [5.41, 5.74) is 2.29. The molecular formula is C21H21BrN2O3S. The number of amides is 2. The molecule has 0 atom stereocenters. The summed E-state index contributed by atoms with van der Waals surface area (Å²) in [6.45, 7) is 5.98. The summed E-state index contributed by atoms with van der Waals surface area (Å²) in [5.74, 6) is -0.264. The fourth-order valence-electron chi connectivity index (χ4n) is 3.01. The van der Waals surface area contributed by atoms with E-state index in [-0.39, 0.29) is 23.4 Å². The Morgan fingerprint density at radius 1 is 1.14 bits per heavy atom. The predicted octanol–water partition coefficient (Wildman–Crippen LogP) is 5.24. The minimum atomic E-state index is -0.349. The zero-order chi connectivity index (χ0) is 20.3. The summed E-state index contributed by atoms with van der Waals surface area (Å²) in [6.07, 6.45) is 1.58. The predicted molar refractivity (Wildman–Crippen MR) is 117 cm³/mol. The van der Waals surface area contributed by atoms with Crippen molar-refractivity contribution in [1.82, 2.24) is 4.90 Å². The number of carbonyl (C=O) groups is 2. The smallest absolute Gasteiger partial charge is 0.293 e. The van der Waals surface area contributed by atoms with Crippen LogP contribution in [0.2, 0.25) is 0 Å². The first-order chi connectivity index (χ1) is 13.4. The van der Waals surface area contributed by atoms with Crippen LogP contribution in [0.15, 0.2) is 51.8 Å². The van der Waals surface area contributed by atoms with Crippen molar-refractivity contribution in [2.45, 2.75) is 20.4 Å². The largest absolute Gasteiger partial charge is 0.507 e. The first kappa shape index (κ1) is 20.5. The molecule has 0 spiro atoms. The van der Waals surface area contributed by atoms with E-state index in [1.807, 2.05) is 30.3 Å². The van der Waals surface area contributed by atoms with Gasteiger partial charge in [0.1, 0.15) is 5.75 Å². The molecule has 1 heterocycles. The molecule has 0 aliphatic carbocycles. The summed E-state index contributed by atoms with van der Waals surface area (Å²) in [7, 11) is 0. The lowest BCUT2D eigenvalue weighted by atomic mass is 10.1.